The van der Waals surface area contributed by atoms with E-state index in [1.165, 1.54) is 0 Å². The van der Waals surface area contributed by atoms with Gasteiger partial charge in [0.15, 0.2) is 0 Å². The number of hydrogen-bond donors (Lipinski definition) is 1. The SMILES string of the molecule is O=c1c2ccnn2ccn1CCCCS. The fraction of sp³-hybridized carbons (Fsp3) is 0.400. The van der Waals surface area contributed by atoms with E-state index >= 15 is 0 Å². The zero-order valence-electron chi connectivity index (χ0n) is 8.33. The number of rotatable bonds is 4. The molecule has 0 unspecified atom stereocenters. The Kier molecular flexibility index (Phi) is 3.11. The molecule has 0 aliphatic carbocycles. The Hall–Kier alpha value is -1.23. The molecule has 0 saturated heterocycles. The Morgan fingerprint density at radius 1 is 1.33 bits per heavy atom. The lowest BCUT2D eigenvalue weighted by molar-refractivity contribution is 0.612. The highest BCUT2D eigenvalue weighted by atomic mass is 32.1. The average Bonchev–Trinajstić information content (AvgIpc) is 2.70. The molecular formula is C10H13N3OS. The lowest BCUT2D eigenvalue weighted by Gasteiger charge is -2.04. The van der Waals surface area contributed by atoms with Crippen LogP contribution < -0.4 is 5.56 Å². The zero-order valence-corrected chi connectivity index (χ0v) is 9.23. The normalized spacial score (nSPS) is 11.0. The fourth-order valence-electron chi connectivity index (χ4n) is 1.53. The van der Waals surface area contributed by atoms with Crippen LogP contribution in [0.1, 0.15) is 12.8 Å². The minimum Gasteiger partial charge on any atom is -0.312 e. The number of nitrogens with zero attached hydrogens (tertiary/aromatic N) is 3. The van der Waals surface area contributed by atoms with E-state index in [1.807, 2.05) is 0 Å². The molecule has 0 aromatic carbocycles. The van der Waals surface area contributed by atoms with Crippen molar-refractivity contribution in [3.63, 3.8) is 0 Å². The lowest BCUT2D eigenvalue weighted by Crippen LogP contribution is -2.21. The van der Waals surface area contributed by atoms with E-state index in [4.69, 9.17) is 0 Å². The molecule has 0 bridgehead atoms. The average molecular weight is 223 g/mol. The van der Waals surface area contributed by atoms with Gasteiger partial charge in [-0.25, -0.2) is 4.52 Å². The third-order valence-corrected chi connectivity index (χ3v) is 2.66. The van der Waals surface area contributed by atoms with Crippen molar-refractivity contribution in [1.82, 2.24) is 14.2 Å². The van der Waals surface area contributed by atoms with Gasteiger partial charge in [0.2, 0.25) is 0 Å². The first-order valence-electron chi connectivity index (χ1n) is 4.96. The van der Waals surface area contributed by atoms with Crippen LogP contribution in [-0.4, -0.2) is 19.9 Å². The summed E-state index contributed by atoms with van der Waals surface area (Å²) in [6, 6.07) is 1.73. The maximum Gasteiger partial charge on any atom is 0.276 e. The molecule has 80 valence electrons. The maximum atomic E-state index is 11.9. The Labute approximate surface area is 92.9 Å². The van der Waals surface area contributed by atoms with Crippen LogP contribution in [0.5, 0.6) is 0 Å². The molecular weight excluding hydrogens is 210 g/mol. The predicted octanol–water partition coefficient (Wildman–Crippen LogP) is 1.21. The van der Waals surface area contributed by atoms with Gasteiger partial charge in [-0.3, -0.25) is 4.79 Å². The topological polar surface area (TPSA) is 39.3 Å². The van der Waals surface area contributed by atoms with Gasteiger partial charge in [0.05, 0.1) is 6.20 Å². The van der Waals surface area contributed by atoms with Gasteiger partial charge in [0.1, 0.15) is 5.52 Å². The van der Waals surface area contributed by atoms with E-state index in [1.54, 1.807) is 33.7 Å². The summed E-state index contributed by atoms with van der Waals surface area (Å²) in [4.78, 5) is 11.9. The Morgan fingerprint density at radius 2 is 2.20 bits per heavy atom. The number of hydrogen-bond acceptors (Lipinski definition) is 3. The quantitative estimate of drug-likeness (QED) is 0.625. The van der Waals surface area contributed by atoms with Crippen molar-refractivity contribution in [2.24, 2.45) is 0 Å². The molecule has 5 heteroatoms. The molecule has 0 saturated carbocycles. The molecule has 0 N–H and O–H groups in total. The first kappa shape index (κ1) is 10.3. The fourth-order valence-corrected chi connectivity index (χ4v) is 1.75. The van der Waals surface area contributed by atoms with Crippen molar-refractivity contribution >= 4 is 18.1 Å². The summed E-state index contributed by atoms with van der Waals surface area (Å²) < 4.78 is 3.32. The van der Waals surface area contributed by atoms with Crippen molar-refractivity contribution in [1.29, 1.82) is 0 Å². The van der Waals surface area contributed by atoms with Crippen LogP contribution >= 0.6 is 12.6 Å². The van der Waals surface area contributed by atoms with Gasteiger partial charge in [0, 0.05) is 18.9 Å². The first-order chi connectivity index (χ1) is 7.33. The Bertz CT molecular complexity index is 503. The van der Waals surface area contributed by atoms with Crippen LogP contribution in [0.3, 0.4) is 0 Å². The molecule has 0 aliphatic heterocycles. The monoisotopic (exact) mass is 223 g/mol. The largest absolute Gasteiger partial charge is 0.312 e. The van der Waals surface area contributed by atoms with E-state index in [0.717, 1.165) is 25.1 Å². The maximum absolute atomic E-state index is 11.9. The summed E-state index contributed by atoms with van der Waals surface area (Å²) in [5, 5.41) is 4.01. The molecule has 0 fully saturated rings. The second kappa shape index (κ2) is 4.53. The van der Waals surface area contributed by atoms with Crippen LogP contribution in [0.15, 0.2) is 29.5 Å². The molecule has 0 atom stereocenters. The van der Waals surface area contributed by atoms with E-state index in [2.05, 4.69) is 17.7 Å². The van der Waals surface area contributed by atoms with Crippen molar-refractivity contribution in [2.75, 3.05) is 5.75 Å². The molecule has 4 nitrogen and oxygen atoms in total. The number of aromatic nitrogens is 3. The standard InChI is InChI=1S/C10H13N3OS/c14-10-9-3-4-11-13(9)7-6-12(10)5-1-2-8-15/h3-4,6-7,15H,1-2,5,8H2. The first-order valence-corrected chi connectivity index (χ1v) is 5.60. The lowest BCUT2D eigenvalue weighted by atomic mass is 10.3. The van der Waals surface area contributed by atoms with Crippen LogP contribution in [0.2, 0.25) is 0 Å². The molecule has 0 amide bonds. The zero-order chi connectivity index (χ0) is 10.7. The highest BCUT2D eigenvalue weighted by molar-refractivity contribution is 7.80. The van der Waals surface area contributed by atoms with Gasteiger partial charge in [-0.15, -0.1) is 0 Å². The number of unbranched alkanes of at least 4 members (excludes halogenated alkanes) is 1. The smallest absolute Gasteiger partial charge is 0.276 e. The van der Waals surface area contributed by atoms with E-state index in [9.17, 15) is 4.79 Å². The highest BCUT2D eigenvalue weighted by Crippen LogP contribution is 1.98. The van der Waals surface area contributed by atoms with Gasteiger partial charge in [-0.2, -0.15) is 17.7 Å². The molecule has 0 aliphatic rings. The molecule has 2 aromatic rings. The van der Waals surface area contributed by atoms with Crippen LogP contribution in [0, 0.1) is 0 Å². The van der Waals surface area contributed by atoms with Crippen molar-refractivity contribution in [3.8, 4) is 0 Å². The number of aryl methyl sites for hydroxylation is 1. The number of thiol groups is 1. The summed E-state index contributed by atoms with van der Waals surface area (Å²) in [6.07, 6.45) is 7.22. The summed E-state index contributed by atoms with van der Waals surface area (Å²) >= 11 is 4.14. The summed E-state index contributed by atoms with van der Waals surface area (Å²) in [5.41, 5.74) is 0.650. The minimum atomic E-state index is 0.0224. The molecule has 0 radical (unpaired) electrons. The van der Waals surface area contributed by atoms with E-state index in [0.29, 0.717) is 5.52 Å². The number of fused-ring (bicyclic) bond motifs is 1. The molecule has 2 aromatic heterocycles. The predicted molar refractivity (Wildman–Crippen MR) is 62.5 cm³/mol. The second-order valence-electron chi connectivity index (χ2n) is 3.39. The Morgan fingerprint density at radius 3 is 3.00 bits per heavy atom. The molecule has 15 heavy (non-hydrogen) atoms. The van der Waals surface area contributed by atoms with Crippen LogP contribution in [-0.2, 0) is 6.54 Å². The Balaban J connectivity index is 2.28. The van der Waals surface area contributed by atoms with Crippen molar-refractivity contribution < 1.29 is 0 Å². The van der Waals surface area contributed by atoms with Crippen LogP contribution in [0.25, 0.3) is 5.52 Å². The second-order valence-corrected chi connectivity index (χ2v) is 3.84. The third kappa shape index (κ3) is 2.07. The van der Waals surface area contributed by atoms with Crippen LogP contribution in [0.4, 0.5) is 0 Å². The molecule has 0 spiro atoms. The van der Waals surface area contributed by atoms with Crippen molar-refractivity contribution in [2.45, 2.75) is 19.4 Å². The summed E-state index contributed by atoms with van der Waals surface area (Å²) in [6.45, 7) is 0.751. The van der Waals surface area contributed by atoms with Gasteiger partial charge < -0.3 is 4.57 Å². The van der Waals surface area contributed by atoms with Crippen molar-refractivity contribution in [3.05, 3.63) is 35.0 Å². The van der Waals surface area contributed by atoms with Gasteiger partial charge >= 0.3 is 0 Å². The molecule has 2 rings (SSSR count). The van der Waals surface area contributed by atoms with Gasteiger partial charge in [0.25, 0.3) is 5.56 Å². The third-order valence-electron chi connectivity index (χ3n) is 2.35. The highest BCUT2D eigenvalue weighted by Gasteiger charge is 2.01. The van der Waals surface area contributed by atoms with Gasteiger partial charge in [-0.05, 0) is 24.7 Å². The van der Waals surface area contributed by atoms with Gasteiger partial charge in [-0.1, -0.05) is 0 Å². The minimum absolute atomic E-state index is 0.0224. The summed E-state index contributed by atoms with van der Waals surface area (Å²) in [7, 11) is 0. The summed E-state index contributed by atoms with van der Waals surface area (Å²) in [5.74, 6) is 0.865. The van der Waals surface area contributed by atoms with E-state index < -0.39 is 0 Å². The molecule has 2 heterocycles. The van der Waals surface area contributed by atoms with E-state index in [-0.39, 0.29) is 5.56 Å².